The molecule has 0 radical (unpaired) electrons. The molecule has 182 valence electrons. The first-order valence-corrected chi connectivity index (χ1v) is 12.1. The highest BCUT2D eigenvalue weighted by molar-refractivity contribution is 5.94. The van der Waals surface area contributed by atoms with Gasteiger partial charge in [0.2, 0.25) is 0 Å². The van der Waals surface area contributed by atoms with Gasteiger partial charge in [-0.2, -0.15) is 5.26 Å². The summed E-state index contributed by atoms with van der Waals surface area (Å²) in [5.74, 6) is 3.16. The van der Waals surface area contributed by atoms with Crippen molar-refractivity contribution in [1.29, 1.82) is 5.26 Å². The molecule has 4 aromatic rings. The predicted molar refractivity (Wildman–Crippen MR) is 143 cm³/mol. The number of hydrogen-bond acceptors (Lipinski definition) is 5. The molecular weight excluding hydrogens is 462 g/mol. The highest BCUT2D eigenvalue weighted by Crippen LogP contribution is 2.39. The minimum Gasteiger partial charge on any atom is -0.353 e. The standard InChI is InChI=1S/C30H25N5O2/c1-3-13-35(28-12-9-23-15-27-26(16-25(23)28)30(37)34-19(2)33-27)24-10-7-22(8-11-24)29(36)32-18-21-6-4-5-20(14-21)17-31/h1,4-8,10-11,14-16,28H,9,12-13,18H2,2H3,(H,32,36)(H,33,34,37). The van der Waals surface area contributed by atoms with Crippen molar-refractivity contribution in [3.8, 4) is 18.4 Å². The second-order valence-corrected chi connectivity index (χ2v) is 9.15. The topological polar surface area (TPSA) is 102 Å². The number of carbonyl (C=O) groups excluding carboxylic acids is 1. The van der Waals surface area contributed by atoms with Gasteiger partial charge in [-0.05, 0) is 85.0 Å². The van der Waals surface area contributed by atoms with Crippen LogP contribution in [0.5, 0.6) is 0 Å². The summed E-state index contributed by atoms with van der Waals surface area (Å²) in [4.78, 5) is 34.7. The maximum absolute atomic E-state index is 12.7. The second-order valence-electron chi connectivity index (χ2n) is 9.15. The molecule has 1 aromatic heterocycles. The Morgan fingerprint density at radius 2 is 2.03 bits per heavy atom. The lowest BCUT2D eigenvalue weighted by atomic mass is 10.0. The zero-order valence-corrected chi connectivity index (χ0v) is 20.4. The van der Waals surface area contributed by atoms with Crippen LogP contribution in [0.4, 0.5) is 5.69 Å². The van der Waals surface area contributed by atoms with Crippen molar-refractivity contribution in [2.24, 2.45) is 0 Å². The van der Waals surface area contributed by atoms with Gasteiger partial charge >= 0.3 is 0 Å². The van der Waals surface area contributed by atoms with Gasteiger partial charge in [-0.25, -0.2) is 4.98 Å². The molecule has 2 N–H and O–H groups in total. The molecule has 5 rings (SSSR count). The number of aromatic amines is 1. The maximum atomic E-state index is 12.7. The average molecular weight is 488 g/mol. The van der Waals surface area contributed by atoms with E-state index in [1.54, 1.807) is 37.3 Å². The molecule has 1 amide bonds. The summed E-state index contributed by atoms with van der Waals surface area (Å²) in [6.07, 6.45) is 7.48. The average Bonchev–Trinajstić information content (AvgIpc) is 3.32. The molecule has 0 aliphatic heterocycles. The summed E-state index contributed by atoms with van der Waals surface area (Å²) in [6, 6.07) is 20.6. The second kappa shape index (κ2) is 10.0. The number of hydrogen-bond donors (Lipinski definition) is 2. The Morgan fingerprint density at radius 1 is 1.22 bits per heavy atom. The monoisotopic (exact) mass is 487 g/mol. The first-order chi connectivity index (χ1) is 18.0. The number of anilines is 1. The third kappa shape index (κ3) is 4.80. The van der Waals surface area contributed by atoms with E-state index in [1.165, 1.54) is 5.56 Å². The number of fused-ring (bicyclic) bond motifs is 2. The van der Waals surface area contributed by atoms with E-state index in [9.17, 15) is 9.59 Å². The maximum Gasteiger partial charge on any atom is 0.258 e. The first kappa shape index (κ1) is 23.8. The van der Waals surface area contributed by atoms with Gasteiger partial charge in [0.15, 0.2) is 0 Å². The Kier molecular flexibility index (Phi) is 6.45. The molecule has 1 heterocycles. The third-order valence-corrected chi connectivity index (χ3v) is 6.74. The molecule has 0 bridgehead atoms. The molecular formula is C30H25N5O2. The Balaban J connectivity index is 1.37. The number of aryl methyl sites for hydroxylation is 2. The number of terminal acetylenes is 1. The number of amides is 1. The summed E-state index contributed by atoms with van der Waals surface area (Å²) in [7, 11) is 0. The molecule has 0 spiro atoms. The lowest BCUT2D eigenvalue weighted by Crippen LogP contribution is -2.28. The van der Waals surface area contributed by atoms with Crippen LogP contribution >= 0.6 is 0 Å². The van der Waals surface area contributed by atoms with Gasteiger partial charge in [-0.1, -0.05) is 18.1 Å². The number of nitrogens with one attached hydrogen (secondary N) is 2. The highest BCUT2D eigenvalue weighted by Gasteiger charge is 2.29. The fourth-order valence-corrected chi connectivity index (χ4v) is 4.98. The Morgan fingerprint density at radius 3 is 2.78 bits per heavy atom. The van der Waals surface area contributed by atoms with Crippen LogP contribution in [-0.4, -0.2) is 22.4 Å². The van der Waals surface area contributed by atoms with E-state index in [4.69, 9.17) is 11.7 Å². The lowest BCUT2D eigenvalue weighted by Gasteiger charge is -2.30. The number of nitriles is 1. The zero-order valence-electron chi connectivity index (χ0n) is 20.4. The number of benzene rings is 3. The van der Waals surface area contributed by atoms with Gasteiger partial charge in [0.25, 0.3) is 11.5 Å². The number of nitrogens with zero attached hydrogens (tertiary/aromatic N) is 3. The van der Waals surface area contributed by atoms with Crippen LogP contribution in [0.2, 0.25) is 0 Å². The van der Waals surface area contributed by atoms with Gasteiger partial charge in [-0.3, -0.25) is 9.59 Å². The smallest absolute Gasteiger partial charge is 0.258 e. The largest absolute Gasteiger partial charge is 0.353 e. The molecule has 0 fully saturated rings. The van der Waals surface area contributed by atoms with E-state index in [-0.39, 0.29) is 17.5 Å². The Bertz CT molecular complexity index is 1640. The third-order valence-electron chi connectivity index (χ3n) is 6.74. The fourth-order valence-electron chi connectivity index (χ4n) is 4.98. The minimum absolute atomic E-state index is 0.0169. The van der Waals surface area contributed by atoms with Crippen molar-refractivity contribution < 1.29 is 4.79 Å². The van der Waals surface area contributed by atoms with Crippen LogP contribution in [0.25, 0.3) is 10.9 Å². The van der Waals surface area contributed by atoms with Crippen LogP contribution in [-0.2, 0) is 13.0 Å². The van der Waals surface area contributed by atoms with Crippen molar-refractivity contribution in [3.63, 3.8) is 0 Å². The summed E-state index contributed by atoms with van der Waals surface area (Å²) < 4.78 is 0. The number of aromatic nitrogens is 2. The normalized spacial score (nSPS) is 14.0. The van der Waals surface area contributed by atoms with Crippen molar-refractivity contribution in [2.45, 2.75) is 32.4 Å². The molecule has 3 aromatic carbocycles. The SMILES string of the molecule is C#CCN(c1ccc(C(=O)NCc2cccc(C#N)c2)cc1)C1CCc2cc3nc(C)[nH]c(=O)c3cc21. The van der Waals surface area contributed by atoms with Crippen molar-refractivity contribution in [2.75, 3.05) is 11.4 Å². The molecule has 0 saturated heterocycles. The molecule has 37 heavy (non-hydrogen) atoms. The predicted octanol–water partition coefficient (Wildman–Crippen LogP) is 4.16. The fraction of sp³-hybridized carbons (Fsp3) is 0.200. The Labute approximate surface area is 214 Å². The van der Waals surface area contributed by atoms with Crippen LogP contribution in [0.1, 0.15) is 50.9 Å². The van der Waals surface area contributed by atoms with Gasteiger partial charge in [0.1, 0.15) is 5.82 Å². The van der Waals surface area contributed by atoms with Crippen LogP contribution < -0.4 is 15.8 Å². The zero-order chi connectivity index (χ0) is 25.9. The highest BCUT2D eigenvalue weighted by atomic mass is 16.1. The summed E-state index contributed by atoms with van der Waals surface area (Å²) in [6.45, 7) is 2.51. The van der Waals surface area contributed by atoms with Gasteiger partial charge in [0.05, 0.1) is 35.1 Å². The van der Waals surface area contributed by atoms with Gasteiger partial charge in [-0.15, -0.1) is 6.42 Å². The van der Waals surface area contributed by atoms with Gasteiger partial charge < -0.3 is 15.2 Å². The van der Waals surface area contributed by atoms with E-state index < -0.39 is 0 Å². The molecule has 7 nitrogen and oxygen atoms in total. The van der Waals surface area contributed by atoms with E-state index in [0.717, 1.165) is 29.7 Å². The van der Waals surface area contributed by atoms with E-state index in [0.29, 0.717) is 40.9 Å². The number of H-pyrrole nitrogens is 1. The lowest BCUT2D eigenvalue weighted by molar-refractivity contribution is 0.0951. The van der Waals surface area contributed by atoms with Crippen molar-refractivity contribution >= 4 is 22.5 Å². The molecule has 1 aliphatic carbocycles. The quantitative estimate of drug-likeness (QED) is 0.398. The summed E-state index contributed by atoms with van der Waals surface area (Å²) in [5, 5.41) is 12.5. The summed E-state index contributed by atoms with van der Waals surface area (Å²) in [5.41, 5.74) is 5.68. The molecule has 1 atom stereocenters. The van der Waals surface area contributed by atoms with Crippen molar-refractivity contribution in [3.05, 3.63) is 105 Å². The molecule has 1 unspecified atom stereocenters. The Hall–Kier alpha value is -4.88. The van der Waals surface area contributed by atoms with Crippen LogP contribution in [0, 0.1) is 30.6 Å². The van der Waals surface area contributed by atoms with Crippen LogP contribution in [0.3, 0.4) is 0 Å². The van der Waals surface area contributed by atoms with E-state index in [2.05, 4.69) is 32.2 Å². The number of rotatable bonds is 6. The van der Waals surface area contributed by atoms with E-state index in [1.807, 2.05) is 30.3 Å². The molecule has 0 saturated carbocycles. The van der Waals surface area contributed by atoms with E-state index >= 15 is 0 Å². The molecule has 7 heteroatoms. The van der Waals surface area contributed by atoms with Gasteiger partial charge in [0, 0.05) is 17.8 Å². The first-order valence-electron chi connectivity index (χ1n) is 12.1. The summed E-state index contributed by atoms with van der Waals surface area (Å²) >= 11 is 0. The van der Waals surface area contributed by atoms with Crippen molar-refractivity contribution in [1.82, 2.24) is 15.3 Å². The molecule has 1 aliphatic rings. The van der Waals surface area contributed by atoms with Crippen LogP contribution in [0.15, 0.2) is 65.5 Å². The number of carbonyl (C=O) groups is 1. The minimum atomic E-state index is -0.197.